The monoisotopic (exact) mass is 720 g/mol. The number of benzene rings is 1. The van der Waals surface area contributed by atoms with E-state index >= 15 is 0 Å². The Morgan fingerprint density at radius 2 is 1.82 bits per heavy atom. The van der Waals surface area contributed by atoms with Gasteiger partial charge < -0.3 is 28.2 Å². The average Bonchev–Trinajstić information content (AvgIpc) is 3.61. The van der Waals surface area contributed by atoms with E-state index < -0.39 is 26.1 Å². The second-order valence-corrected chi connectivity index (χ2v) is 20.5. The van der Waals surface area contributed by atoms with Crippen LogP contribution in [0.4, 0.5) is 10.6 Å². The number of anilines is 1. The molecule has 1 aromatic carbocycles. The third-order valence-corrected chi connectivity index (χ3v) is 14.0. The van der Waals surface area contributed by atoms with Gasteiger partial charge in [0.05, 0.1) is 36.1 Å². The summed E-state index contributed by atoms with van der Waals surface area (Å²) in [6, 6.07) is 11.7. The number of carbonyl (C=O) groups excluding carboxylic acids is 1. The van der Waals surface area contributed by atoms with Crippen LogP contribution in [0.5, 0.6) is 5.75 Å². The minimum absolute atomic E-state index is 0.0367. The lowest BCUT2D eigenvalue weighted by molar-refractivity contribution is 0.0172. The number of hydrogen-bond acceptors (Lipinski definition) is 10. The molecule has 1 atom stereocenters. The molecule has 3 aromatic heterocycles. The number of ether oxygens (including phenoxy) is 2. The lowest BCUT2D eigenvalue weighted by Crippen LogP contribution is -2.49. The average molecular weight is 721 g/mol. The number of fused-ring (bicyclic) bond motifs is 1. The summed E-state index contributed by atoms with van der Waals surface area (Å²) in [7, 11) is -0.502. The summed E-state index contributed by atoms with van der Waals surface area (Å²) in [6.45, 7) is 21.9. The minimum atomic E-state index is -2.22. The van der Waals surface area contributed by atoms with Crippen LogP contribution in [-0.4, -0.2) is 71.3 Å². The molecule has 1 aliphatic heterocycles. The summed E-state index contributed by atoms with van der Waals surface area (Å²) in [4.78, 5) is 31.1. The van der Waals surface area contributed by atoms with Gasteiger partial charge in [-0.1, -0.05) is 55.7 Å². The molecule has 0 saturated heterocycles. The van der Waals surface area contributed by atoms with Gasteiger partial charge in [0.25, 0.3) is 0 Å². The normalized spacial score (nSPS) is 14.0. The predicted octanol–water partition coefficient (Wildman–Crippen LogP) is 8.62. The fraction of sp³-hybridized carbons (Fsp3) is 0.486. The van der Waals surface area contributed by atoms with E-state index in [2.05, 4.69) is 55.0 Å². The van der Waals surface area contributed by atoms with Crippen LogP contribution in [0, 0.1) is 13.8 Å². The number of halogens is 1. The lowest BCUT2D eigenvalue weighted by atomic mass is 10.1. The summed E-state index contributed by atoms with van der Waals surface area (Å²) < 4.78 is 24.3. The molecule has 0 spiro atoms. The standard InChI is InChI=1S/C37H49ClN6O5Si/c1-23-30(24(2)48-42-23)32-31(38)34(44-19-26-15-13-17-39-29(26)21-44)41-33(40-32)25-14-12-16-27(18-25)46-22-28(49-50(10,11)37(6,7)8)20-43(9)35(45)47-36(3,4)5/h12-18,28H,19-22H2,1-11H3/t28-/m1/s1. The molecule has 268 valence electrons. The first kappa shape index (κ1) is 37.3. The highest BCUT2D eigenvalue weighted by atomic mass is 35.5. The van der Waals surface area contributed by atoms with Crippen LogP contribution >= 0.6 is 11.6 Å². The highest BCUT2D eigenvalue weighted by Crippen LogP contribution is 2.41. The molecule has 0 bridgehead atoms. The summed E-state index contributed by atoms with van der Waals surface area (Å²) >= 11 is 7.10. The molecule has 4 aromatic rings. The van der Waals surface area contributed by atoms with Crippen LogP contribution in [0.2, 0.25) is 23.2 Å². The van der Waals surface area contributed by atoms with Gasteiger partial charge in [-0.25, -0.2) is 14.8 Å². The summed E-state index contributed by atoms with van der Waals surface area (Å²) in [5, 5.41) is 4.54. The van der Waals surface area contributed by atoms with Gasteiger partial charge in [0.2, 0.25) is 0 Å². The Bertz CT molecular complexity index is 1810. The Hall–Kier alpha value is -4.00. The number of rotatable bonds is 10. The lowest BCUT2D eigenvalue weighted by Gasteiger charge is -2.40. The molecule has 11 nitrogen and oxygen atoms in total. The summed E-state index contributed by atoms with van der Waals surface area (Å²) in [5.41, 5.74) is 4.23. The minimum Gasteiger partial charge on any atom is -0.491 e. The van der Waals surface area contributed by atoms with E-state index in [1.54, 1.807) is 18.1 Å². The largest absolute Gasteiger partial charge is 0.491 e. The molecule has 4 heterocycles. The second kappa shape index (κ2) is 14.3. The predicted molar refractivity (Wildman–Crippen MR) is 198 cm³/mol. The van der Waals surface area contributed by atoms with Crippen molar-refractivity contribution in [1.82, 2.24) is 25.0 Å². The molecule has 1 amide bonds. The number of aryl methyl sites for hydroxylation is 2. The van der Waals surface area contributed by atoms with Crippen LogP contribution in [0.1, 0.15) is 64.3 Å². The first-order valence-corrected chi connectivity index (χ1v) is 20.2. The summed E-state index contributed by atoms with van der Waals surface area (Å²) in [5.74, 6) is 2.31. The molecule has 0 saturated carbocycles. The van der Waals surface area contributed by atoms with Crippen molar-refractivity contribution >= 4 is 31.8 Å². The Morgan fingerprint density at radius 1 is 1.08 bits per heavy atom. The molecule has 1 aliphatic rings. The second-order valence-electron chi connectivity index (χ2n) is 15.4. The highest BCUT2D eigenvalue weighted by Gasteiger charge is 2.40. The molecule has 0 unspecified atom stereocenters. The van der Waals surface area contributed by atoms with E-state index in [0.717, 1.165) is 22.4 Å². The third-order valence-electron chi connectivity index (χ3n) is 9.07. The van der Waals surface area contributed by atoms with Gasteiger partial charge in [-0.15, -0.1) is 0 Å². The number of carbonyl (C=O) groups is 1. The maximum atomic E-state index is 12.9. The molecule has 0 N–H and O–H groups in total. The molecular formula is C37H49ClN6O5Si. The topological polar surface area (TPSA) is 116 Å². The van der Waals surface area contributed by atoms with E-state index in [0.29, 0.717) is 59.2 Å². The van der Waals surface area contributed by atoms with Gasteiger partial charge in [-0.2, -0.15) is 0 Å². The van der Waals surface area contributed by atoms with Gasteiger partial charge in [-0.05, 0) is 76.5 Å². The van der Waals surface area contributed by atoms with Crippen molar-refractivity contribution < 1.29 is 23.2 Å². The van der Waals surface area contributed by atoms with Gasteiger partial charge in [-0.3, -0.25) is 4.98 Å². The molecule has 50 heavy (non-hydrogen) atoms. The number of likely N-dealkylation sites (N-methyl/N-ethyl adjacent to an activating group) is 1. The van der Waals surface area contributed by atoms with Crippen molar-refractivity contribution in [3.05, 3.63) is 70.3 Å². The number of hydrogen-bond donors (Lipinski definition) is 0. The molecule has 5 rings (SSSR count). The van der Waals surface area contributed by atoms with E-state index in [9.17, 15) is 4.79 Å². The molecular weight excluding hydrogens is 672 g/mol. The van der Waals surface area contributed by atoms with Crippen LogP contribution < -0.4 is 9.64 Å². The maximum absolute atomic E-state index is 12.9. The highest BCUT2D eigenvalue weighted by molar-refractivity contribution is 6.74. The Labute approximate surface area is 301 Å². The number of pyridine rings is 1. The Morgan fingerprint density at radius 3 is 2.46 bits per heavy atom. The molecule has 0 fully saturated rings. The SMILES string of the molecule is Cc1noc(C)c1-c1nc(-c2cccc(OC[C@@H](CN(C)C(=O)OC(C)(C)C)O[Si](C)(C)C(C)(C)C)c2)nc(N2Cc3cccnc3C2)c1Cl. The van der Waals surface area contributed by atoms with Crippen molar-refractivity contribution in [2.75, 3.05) is 25.1 Å². The third kappa shape index (κ3) is 8.47. The van der Waals surface area contributed by atoms with Crippen molar-refractivity contribution in [2.24, 2.45) is 0 Å². The van der Waals surface area contributed by atoms with Crippen LogP contribution in [0.25, 0.3) is 22.6 Å². The zero-order valence-corrected chi connectivity index (χ0v) is 32.8. The van der Waals surface area contributed by atoms with Crippen molar-refractivity contribution in [2.45, 2.75) is 98.3 Å². The van der Waals surface area contributed by atoms with E-state index in [4.69, 9.17) is 40.0 Å². The fourth-order valence-electron chi connectivity index (χ4n) is 5.46. The zero-order valence-electron chi connectivity index (χ0n) is 31.0. The number of amides is 1. The quantitative estimate of drug-likeness (QED) is 0.147. The number of aromatic nitrogens is 4. The van der Waals surface area contributed by atoms with Crippen molar-refractivity contribution in [1.29, 1.82) is 0 Å². The van der Waals surface area contributed by atoms with Gasteiger partial charge in [0, 0.05) is 25.4 Å². The van der Waals surface area contributed by atoms with Gasteiger partial charge in [0.1, 0.15) is 34.4 Å². The molecule has 0 aliphatic carbocycles. The zero-order chi connectivity index (χ0) is 36.6. The Kier molecular flexibility index (Phi) is 10.7. The van der Waals surface area contributed by atoms with Crippen LogP contribution in [-0.2, 0) is 22.3 Å². The maximum Gasteiger partial charge on any atom is 0.410 e. The smallest absolute Gasteiger partial charge is 0.410 e. The Balaban J connectivity index is 1.45. The van der Waals surface area contributed by atoms with Gasteiger partial charge >= 0.3 is 6.09 Å². The molecule has 0 radical (unpaired) electrons. The van der Waals surface area contributed by atoms with Crippen molar-refractivity contribution in [3.63, 3.8) is 0 Å². The van der Waals surface area contributed by atoms with Crippen LogP contribution in [0.15, 0.2) is 47.1 Å². The fourth-order valence-corrected chi connectivity index (χ4v) is 7.09. The van der Waals surface area contributed by atoms with E-state index in [-0.39, 0.29) is 11.6 Å². The van der Waals surface area contributed by atoms with Crippen molar-refractivity contribution in [3.8, 4) is 28.4 Å². The van der Waals surface area contributed by atoms with Gasteiger partial charge in [0.15, 0.2) is 20.0 Å². The van der Waals surface area contributed by atoms with E-state index in [1.807, 2.05) is 65.0 Å². The number of nitrogens with zero attached hydrogens (tertiary/aromatic N) is 6. The first-order chi connectivity index (χ1) is 23.3. The molecule has 13 heteroatoms. The van der Waals surface area contributed by atoms with E-state index in [1.165, 1.54) is 0 Å². The summed E-state index contributed by atoms with van der Waals surface area (Å²) in [6.07, 6.45) is 0.991. The first-order valence-electron chi connectivity index (χ1n) is 16.9. The van der Waals surface area contributed by atoms with Crippen LogP contribution in [0.3, 0.4) is 0 Å².